The van der Waals surface area contributed by atoms with Crippen LogP contribution in [0.5, 0.6) is 0 Å². The van der Waals surface area contributed by atoms with E-state index in [-0.39, 0.29) is 7.14 Å². The molecule has 1 aromatic heterocycles. The Kier molecular flexibility index (Phi) is 5.95. The molecule has 0 bridgehead atoms. The number of hydrogen-bond donors (Lipinski definition) is 0. The van der Waals surface area contributed by atoms with Gasteiger partial charge >= 0.3 is 145 Å². The van der Waals surface area contributed by atoms with Crippen LogP contribution in [0.1, 0.15) is 25.5 Å². The Balaban J connectivity index is 2.58. The van der Waals surface area contributed by atoms with Crippen LogP contribution in [0.3, 0.4) is 0 Å². The molecule has 24 heavy (non-hydrogen) atoms. The molecule has 1 aromatic carbocycles. The van der Waals surface area contributed by atoms with E-state index in [0.29, 0.717) is 12.2 Å². The van der Waals surface area contributed by atoms with Crippen molar-refractivity contribution >= 4 is 25.4 Å². The standard InChI is InChI=1S/C15H18F3IN2O2S/c1-3-4-10-21-11-14(12(2)20-21)19(13-8-6-5-7-9-13)24(22,23)15(16,17)18/h5-9,11H,3-4,10H2,1-2H3. The maximum absolute atomic E-state index is 13.2. The number of nitrogens with zero attached hydrogens (tertiary/aromatic N) is 2. The van der Waals surface area contributed by atoms with Crippen molar-refractivity contribution in [2.24, 2.45) is 0 Å². The number of rotatable bonds is 6. The first-order valence-corrected chi connectivity index (χ1v) is 13.5. The zero-order valence-corrected chi connectivity index (χ0v) is 16.2. The number of halogens is 4. The molecule has 4 nitrogen and oxygen atoms in total. The van der Waals surface area contributed by atoms with Crippen LogP contribution in [0.2, 0.25) is 0 Å². The van der Waals surface area contributed by atoms with Crippen LogP contribution in [-0.4, -0.2) is 23.7 Å². The van der Waals surface area contributed by atoms with Crippen LogP contribution >= 0.6 is 18.4 Å². The molecule has 0 aliphatic heterocycles. The summed E-state index contributed by atoms with van der Waals surface area (Å²) in [6.07, 6.45) is 3.22. The van der Waals surface area contributed by atoms with Crippen molar-refractivity contribution in [2.45, 2.75) is 38.7 Å². The molecule has 2 rings (SSSR count). The summed E-state index contributed by atoms with van der Waals surface area (Å²) in [5.41, 5.74) is -4.92. The van der Waals surface area contributed by atoms with Gasteiger partial charge in [-0.2, -0.15) is 0 Å². The SMILES string of the molecule is CCCCn1cc(I(c2ccccc2)S(=O)(=O)C(F)(F)F)c(C)n1. The molecule has 0 N–H and O–H groups in total. The Hall–Kier alpha value is -1.10. The van der Waals surface area contributed by atoms with Gasteiger partial charge in [0.15, 0.2) is 0 Å². The van der Waals surface area contributed by atoms with Crippen LogP contribution < -0.4 is 0 Å². The number of unbranched alkanes of at least 4 members (excludes halogenated alkanes) is 1. The second-order valence-electron chi connectivity index (χ2n) is 5.11. The van der Waals surface area contributed by atoms with Gasteiger partial charge < -0.3 is 0 Å². The van der Waals surface area contributed by atoms with E-state index in [9.17, 15) is 21.6 Å². The molecule has 0 saturated heterocycles. The number of aromatic nitrogens is 2. The van der Waals surface area contributed by atoms with Crippen molar-refractivity contribution in [3.8, 4) is 0 Å². The Labute approximate surface area is 144 Å². The quantitative estimate of drug-likeness (QED) is 0.461. The molecule has 0 spiro atoms. The average Bonchev–Trinajstić information content (AvgIpc) is 2.86. The fourth-order valence-corrected chi connectivity index (χ4v) is 12.9. The van der Waals surface area contributed by atoms with Gasteiger partial charge in [0, 0.05) is 0 Å². The third kappa shape index (κ3) is 3.93. The Morgan fingerprint density at radius 3 is 2.38 bits per heavy atom. The number of aryl methyl sites for hydroxylation is 2. The van der Waals surface area contributed by atoms with Gasteiger partial charge in [-0.15, -0.1) is 0 Å². The van der Waals surface area contributed by atoms with Gasteiger partial charge in [-0.05, 0) is 0 Å². The van der Waals surface area contributed by atoms with Gasteiger partial charge in [0.2, 0.25) is 0 Å². The van der Waals surface area contributed by atoms with E-state index in [1.54, 1.807) is 29.8 Å². The van der Waals surface area contributed by atoms with Crippen molar-refractivity contribution in [3.63, 3.8) is 0 Å². The molecule has 0 fully saturated rings. The topological polar surface area (TPSA) is 52.0 Å². The van der Waals surface area contributed by atoms with E-state index in [1.807, 2.05) is 6.92 Å². The van der Waals surface area contributed by atoms with Crippen molar-refractivity contribution in [1.29, 1.82) is 0 Å². The summed E-state index contributed by atoms with van der Waals surface area (Å²) in [7, 11) is -5.27. The van der Waals surface area contributed by atoms with Crippen LogP contribution in [0.15, 0.2) is 36.5 Å². The molecule has 0 aliphatic carbocycles. The van der Waals surface area contributed by atoms with Gasteiger partial charge in [0.05, 0.1) is 0 Å². The Morgan fingerprint density at radius 1 is 1.21 bits per heavy atom. The minimum atomic E-state index is -5.27. The molecule has 0 saturated carbocycles. The summed E-state index contributed by atoms with van der Waals surface area (Å²) < 4.78 is 66.1. The normalized spacial score (nSPS) is 13.1. The molecule has 0 aliphatic rings. The van der Waals surface area contributed by atoms with E-state index < -0.39 is 31.0 Å². The zero-order valence-electron chi connectivity index (χ0n) is 13.2. The molecular weight excluding hydrogens is 456 g/mol. The summed E-state index contributed by atoms with van der Waals surface area (Å²) in [4.78, 5) is 0. The predicted molar refractivity (Wildman–Crippen MR) is 94.7 cm³/mol. The van der Waals surface area contributed by atoms with E-state index in [2.05, 4.69) is 5.10 Å². The fourth-order valence-electron chi connectivity index (χ4n) is 2.06. The molecule has 1 heterocycles. The molecule has 0 radical (unpaired) electrons. The Morgan fingerprint density at radius 2 is 1.83 bits per heavy atom. The molecule has 0 atom stereocenters. The molecule has 134 valence electrons. The minimum absolute atomic E-state index is 0.221. The van der Waals surface area contributed by atoms with Gasteiger partial charge in [-0.3, -0.25) is 0 Å². The van der Waals surface area contributed by atoms with Crippen LogP contribution in [0, 0.1) is 14.1 Å². The first-order valence-electron chi connectivity index (χ1n) is 7.29. The van der Waals surface area contributed by atoms with Crippen molar-refractivity contribution in [2.75, 3.05) is 0 Å². The van der Waals surface area contributed by atoms with E-state index in [0.717, 1.165) is 12.8 Å². The van der Waals surface area contributed by atoms with Crippen LogP contribution in [0.4, 0.5) is 13.2 Å². The van der Waals surface area contributed by atoms with Gasteiger partial charge in [-0.1, -0.05) is 0 Å². The number of benzene rings is 1. The van der Waals surface area contributed by atoms with Crippen LogP contribution in [0.25, 0.3) is 0 Å². The van der Waals surface area contributed by atoms with Crippen LogP contribution in [-0.2, 0) is 13.6 Å². The van der Waals surface area contributed by atoms with E-state index >= 15 is 0 Å². The van der Waals surface area contributed by atoms with Crippen molar-refractivity contribution in [3.05, 3.63) is 49.4 Å². The monoisotopic (exact) mass is 474 g/mol. The predicted octanol–water partition coefficient (Wildman–Crippen LogP) is 4.39. The van der Waals surface area contributed by atoms with Gasteiger partial charge in [0.25, 0.3) is 0 Å². The summed E-state index contributed by atoms with van der Waals surface area (Å²) in [6.45, 7) is 4.12. The van der Waals surface area contributed by atoms with Gasteiger partial charge in [0.1, 0.15) is 0 Å². The first kappa shape index (κ1) is 19.2. The summed E-state index contributed by atoms with van der Waals surface area (Å²) >= 11 is -3.80. The zero-order chi connectivity index (χ0) is 18.0. The Bertz CT molecular complexity index is 789. The number of alkyl halides is 3. The molecule has 9 heteroatoms. The van der Waals surface area contributed by atoms with E-state index in [4.69, 9.17) is 0 Å². The van der Waals surface area contributed by atoms with Crippen molar-refractivity contribution in [1.82, 2.24) is 9.78 Å². The molecule has 0 amide bonds. The molecule has 2 aromatic rings. The second-order valence-corrected chi connectivity index (χ2v) is 15.8. The van der Waals surface area contributed by atoms with E-state index in [1.165, 1.54) is 18.3 Å². The fraction of sp³-hybridized carbons (Fsp3) is 0.400. The average molecular weight is 474 g/mol. The maximum atomic E-state index is 13.2. The first-order chi connectivity index (χ1) is 11.2. The third-order valence-corrected chi connectivity index (χ3v) is 15.4. The summed E-state index contributed by atoms with van der Waals surface area (Å²) in [6, 6.07) is 7.68. The van der Waals surface area contributed by atoms with Gasteiger partial charge in [-0.25, -0.2) is 0 Å². The summed E-state index contributed by atoms with van der Waals surface area (Å²) in [5, 5.41) is 4.21. The summed E-state index contributed by atoms with van der Waals surface area (Å²) in [5.74, 6) is 0. The number of hydrogen-bond acceptors (Lipinski definition) is 3. The van der Waals surface area contributed by atoms with Crippen molar-refractivity contribution < 1.29 is 21.6 Å². The second kappa shape index (κ2) is 7.42. The molecule has 0 unspecified atom stereocenters. The third-order valence-electron chi connectivity index (χ3n) is 3.22. The molecular formula is C15H18F3IN2O2S.